The topological polar surface area (TPSA) is 21.3 Å². The minimum Gasteiger partial charge on any atom is -0.496 e. The summed E-state index contributed by atoms with van der Waals surface area (Å²) in [6, 6.07) is 2.21. The second-order valence-corrected chi connectivity index (χ2v) is 4.68. The Hall–Kier alpha value is -1.42. The number of aryl methyl sites for hydroxylation is 1. The predicted octanol–water partition coefficient (Wildman–Crippen LogP) is 3.62. The Bertz CT molecular complexity index is 485. The van der Waals surface area contributed by atoms with Gasteiger partial charge in [0.25, 0.3) is 0 Å². The van der Waals surface area contributed by atoms with E-state index in [1.807, 2.05) is 13.0 Å². The number of hydrogen-bond donors (Lipinski definition) is 1. The van der Waals surface area contributed by atoms with Crippen LogP contribution >= 0.6 is 0 Å². The van der Waals surface area contributed by atoms with Crippen LogP contribution in [0.5, 0.6) is 0 Å². The second-order valence-electron chi connectivity index (χ2n) is 4.68. The van der Waals surface area contributed by atoms with Crippen molar-refractivity contribution >= 4 is 0 Å². The summed E-state index contributed by atoms with van der Waals surface area (Å²) >= 11 is 0. The molecule has 1 N–H and O–H groups in total. The lowest BCUT2D eigenvalue weighted by Crippen LogP contribution is -2.27. The van der Waals surface area contributed by atoms with Gasteiger partial charge in [-0.2, -0.15) is 0 Å². The van der Waals surface area contributed by atoms with Crippen molar-refractivity contribution in [1.29, 1.82) is 0 Å². The van der Waals surface area contributed by atoms with Crippen LogP contribution < -0.4 is 5.32 Å². The van der Waals surface area contributed by atoms with E-state index < -0.39 is 17.7 Å². The van der Waals surface area contributed by atoms with Gasteiger partial charge in [-0.25, -0.2) is 8.78 Å². The first-order chi connectivity index (χ1) is 9.15. The number of allylic oxidation sites excluding steroid dienone is 1. The maximum Gasteiger partial charge on any atom is 0.134 e. The summed E-state index contributed by atoms with van der Waals surface area (Å²) in [5.74, 6) is -0.415. The van der Waals surface area contributed by atoms with E-state index in [0.717, 1.165) is 12.8 Å². The fraction of sp³-hybridized carbons (Fsp3) is 0.467. The third kappa shape index (κ3) is 2.95. The van der Waals surface area contributed by atoms with Crippen molar-refractivity contribution in [3.8, 4) is 0 Å². The maximum absolute atomic E-state index is 14.2. The molecule has 1 aromatic rings. The quantitative estimate of drug-likeness (QED) is 0.899. The molecule has 0 fully saturated rings. The van der Waals surface area contributed by atoms with E-state index >= 15 is 0 Å². The lowest BCUT2D eigenvalue weighted by molar-refractivity contribution is 0.166. The van der Waals surface area contributed by atoms with Gasteiger partial charge in [-0.15, -0.1) is 0 Å². The molecule has 1 atom stereocenters. The van der Waals surface area contributed by atoms with E-state index in [1.54, 1.807) is 6.92 Å². The van der Waals surface area contributed by atoms with Gasteiger partial charge in [0.05, 0.1) is 12.6 Å². The number of ether oxygens (including phenoxy) is 1. The number of likely N-dealkylation sites (N-methyl/N-ethyl adjacent to an activating group) is 1. The summed E-state index contributed by atoms with van der Waals surface area (Å²) in [7, 11) is 0. The number of rotatable bonds is 4. The lowest BCUT2D eigenvalue weighted by Gasteiger charge is -2.25. The molecule has 0 spiro atoms. The van der Waals surface area contributed by atoms with E-state index in [4.69, 9.17) is 4.74 Å². The van der Waals surface area contributed by atoms with E-state index in [0.29, 0.717) is 24.5 Å². The zero-order valence-corrected chi connectivity index (χ0v) is 11.3. The van der Waals surface area contributed by atoms with Crippen molar-refractivity contribution < 1.29 is 13.5 Å². The molecule has 0 saturated carbocycles. The second kappa shape index (κ2) is 6.15. The standard InChI is InChI=1S/C15H19F2NO/c1-3-18-15(12-6-4-5-9-19-12)13-11(16)8-7-10(2)14(13)17/h6-8,15,18H,3-5,9H2,1-2H3. The molecule has 104 valence electrons. The van der Waals surface area contributed by atoms with Crippen molar-refractivity contribution in [1.82, 2.24) is 5.32 Å². The molecule has 1 aliphatic heterocycles. The third-order valence-corrected chi connectivity index (χ3v) is 3.26. The summed E-state index contributed by atoms with van der Waals surface area (Å²) < 4.78 is 33.8. The normalized spacial score (nSPS) is 16.7. The predicted molar refractivity (Wildman–Crippen MR) is 70.8 cm³/mol. The molecule has 0 amide bonds. The van der Waals surface area contributed by atoms with Gasteiger partial charge in [0.1, 0.15) is 17.4 Å². The highest BCUT2D eigenvalue weighted by molar-refractivity contribution is 5.33. The Labute approximate surface area is 112 Å². The van der Waals surface area contributed by atoms with Gasteiger partial charge in [-0.3, -0.25) is 0 Å². The average Bonchev–Trinajstić information content (AvgIpc) is 2.43. The molecule has 2 rings (SSSR count). The van der Waals surface area contributed by atoms with Gasteiger partial charge in [0.2, 0.25) is 0 Å². The van der Waals surface area contributed by atoms with Crippen LogP contribution in [-0.4, -0.2) is 13.2 Å². The van der Waals surface area contributed by atoms with Crippen LogP contribution in [0.3, 0.4) is 0 Å². The summed E-state index contributed by atoms with van der Waals surface area (Å²) in [4.78, 5) is 0. The zero-order valence-electron chi connectivity index (χ0n) is 11.3. The highest BCUT2D eigenvalue weighted by Crippen LogP contribution is 2.31. The van der Waals surface area contributed by atoms with Gasteiger partial charge in [-0.05, 0) is 44.0 Å². The maximum atomic E-state index is 14.2. The summed E-state index contributed by atoms with van der Waals surface area (Å²) in [6.45, 7) is 4.75. The van der Waals surface area contributed by atoms with Crippen LogP contribution in [-0.2, 0) is 4.74 Å². The molecule has 2 nitrogen and oxygen atoms in total. The van der Waals surface area contributed by atoms with Crippen molar-refractivity contribution in [3.05, 3.63) is 46.7 Å². The van der Waals surface area contributed by atoms with Crippen LogP contribution in [0.15, 0.2) is 24.0 Å². The number of benzene rings is 1. The molecule has 0 bridgehead atoms. The molecule has 1 heterocycles. The van der Waals surface area contributed by atoms with Crippen molar-refractivity contribution in [2.75, 3.05) is 13.2 Å². The molecule has 0 aliphatic carbocycles. The number of halogens is 2. The summed E-state index contributed by atoms with van der Waals surface area (Å²) in [5.41, 5.74) is 0.491. The summed E-state index contributed by atoms with van der Waals surface area (Å²) in [6.07, 6.45) is 3.74. The van der Waals surface area contributed by atoms with Crippen LogP contribution in [0.25, 0.3) is 0 Å². The zero-order chi connectivity index (χ0) is 13.8. The highest BCUT2D eigenvalue weighted by Gasteiger charge is 2.26. The number of nitrogens with one attached hydrogen (secondary N) is 1. The van der Waals surface area contributed by atoms with Gasteiger partial charge >= 0.3 is 0 Å². The minimum atomic E-state index is -0.551. The van der Waals surface area contributed by atoms with Gasteiger partial charge in [0.15, 0.2) is 0 Å². The molecule has 1 unspecified atom stereocenters. The van der Waals surface area contributed by atoms with E-state index in [2.05, 4.69) is 5.32 Å². The first-order valence-corrected chi connectivity index (χ1v) is 6.66. The average molecular weight is 267 g/mol. The Morgan fingerprint density at radius 3 is 2.79 bits per heavy atom. The van der Waals surface area contributed by atoms with E-state index in [-0.39, 0.29) is 5.56 Å². The van der Waals surface area contributed by atoms with Gasteiger partial charge in [-0.1, -0.05) is 13.0 Å². The minimum absolute atomic E-state index is 0.0509. The van der Waals surface area contributed by atoms with Crippen LogP contribution in [0.2, 0.25) is 0 Å². The van der Waals surface area contributed by atoms with E-state index in [9.17, 15) is 8.78 Å². The molecule has 0 radical (unpaired) electrons. The molecule has 1 aromatic carbocycles. The SMILES string of the molecule is CCNC(C1=CCCCO1)c1c(F)ccc(C)c1F. The first kappa shape index (κ1) is 14.0. The fourth-order valence-electron chi connectivity index (χ4n) is 2.27. The Kier molecular flexibility index (Phi) is 4.53. The van der Waals surface area contributed by atoms with Crippen molar-refractivity contribution in [2.45, 2.75) is 32.7 Å². The van der Waals surface area contributed by atoms with Crippen LogP contribution in [0.4, 0.5) is 8.78 Å². The molecular weight excluding hydrogens is 248 g/mol. The number of hydrogen-bond acceptors (Lipinski definition) is 2. The Balaban J connectivity index is 2.44. The highest BCUT2D eigenvalue weighted by atomic mass is 19.1. The Morgan fingerprint density at radius 2 is 2.16 bits per heavy atom. The first-order valence-electron chi connectivity index (χ1n) is 6.66. The monoisotopic (exact) mass is 267 g/mol. The van der Waals surface area contributed by atoms with Crippen molar-refractivity contribution in [2.24, 2.45) is 0 Å². The molecule has 0 saturated heterocycles. The molecule has 1 aliphatic rings. The van der Waals surface area contributed by atoms with Gasteiger partial charge < -0.3 is 10.1 Å². The molecule has 4 heteroatoms. The molecule has 0 aromatic heterocycles. The molecular formula is C15H19F2NO. The Morgan fingerprint density at radius 1 is 1.37 bits per heavy atom. The largest absolute Gasteiger partial charge is 0.496 e. The smallest absolute Gasteiger partial charge is 0.134 e. The fourth-order valence-corrected chi connectivity index (χ4v) is 2.27. The van der Waals surface area contributed by atoms with Gasteiger partial charge in [0, 0.05) is 5.56 Å². The molecule has 19 heavy (non-hydrogen) atoms. The lowest BCUT2D eigenvalue weighted by atomic mass is 9.99. The van der Waals surface area contributed by atoms with Crippen molar-refractivity contribution in [3.63, 3.8) is 0 Å². The van der Waals surface area contributed by atoms with Crippen LogP contribution in [0, 0.1) is 18.6 Å². The third-order valence-electron chi connectivity index (χ3n) is 3.26. The summed E-state index contributed by atoms with van der Waals surface area (Å²) in [5, 5.41) is 3.10. The van der Waals surface area contributed by atoms with Crippen LogP contribution in [0.1, 0.15) is 36.9 Å². The van der Waals surface area contributed by atoms with E-state index in [1.165, 1.54) is 12.1 Å².